The summed E-state index contributed by atoms with van der Waals surface area (Å²) in [5.74, 6) is -0.772. The summed E-state index contributed by atoms with van der Waals surface area (Å²) < 4.78 is 59.6. The maximum absolute atomic E-state index is 13.1. The van der Waals surface area contributed by atoms with E-state index >= 15 is 0 Å². The minimum absolute atomic E-state index is 0.0158. The van der Waals surface area contributed by atoms with Crippen LogP contribution in [-0.2, 0) is 36.7 Å². The van der Waals surface area contributed by atoms with E-state index in [0.29, 0.717) is 0 Å². The molecular formula is C18H40O8P2. The summed E-state index contributed by atoms with van der Waals surface area (Å²) in [6, 6.07) is 0. The Kier molecular flexibility index (Phi) is 12.9. The van der Waals surface area contributed by atoms with Crippen LogP contribution in [0.1, 0.15) is 55.4 Å². The van der Waals surface area contributed by atoms with Gasteiger partial charge in [-0.05, 0) is 41.5 Å². The Morgan fingerprint density at radius 1 is 0.714 bits per heavy atom. The minimum Gasteiger partial charge on any atom is -0.350 e. The lowest BCUT2D eigenvalue weighted by molar-refractivity contribution is -0.278. The van der Waals surface area contributed by atoms with Gasteiger partial charge in [0.15, 0.2) is 5.79 Å². The number of ether oxygens (including phenoxy) is 2. The highest BCUT2D eigenvalue weighted by molar-refractivity contribution is 7.55. The molecule has 1 rings (SSSR count). The van der Waals surface area contributed by atoms with Crippen molar-refractivity contribution < 1.29 is 36.7 Å². The Labute approximate surface area is 171 Å². The summed E-state index contributed by atoms with van der Waals surface area (Å²) in [6.45, 7) is 16.0. The highest BCUT2D eigenvalue weighted by Gasteiger charge is 2.50. The van der Waals surface area contributed by atoms with Gasteiger partial charge in [-0.1, -0.05) is 13.8 Å². The van der Waals surface area contributed by atoms with E-state index in [0.717, 1.165) is 0 Å². The zero-order valence-electron chi connectivity index (χ0n) is 18.8. The SMILES string of the molecule is CC.CCOP(=O)(CC1(CP(=O)(OCC)OCC)COC(C)(C)OC1)OCC. The smallest absolute Gasteiger partial charge is 0.331 e. The molecule has 0 bridgehead atoms. The van der Waals surface area contributed by atoms with Gasteiger partial charge in [0, 0.05) is 5.41 Å². The molecule has 10 heteroatoms. The van der Waals surface area contributed by atoms with Gasteiger partial charge in [-0.25, -0.2) is 0 Å². The van der Waals surface area contributed by atoms with Crippen molar-refractivity contribution in [2.45, 2.75) is 61.2 Å². The van der Waals surface area contributed by atoms with E-state index in [9.17, 15) is 9.13 Å². The van der Waals surface area contributed by atoms with Crippen molar-refractivity contribution in [2.24, 2.45) is 5.41 Å². The third kappa shape index (κ3) is 9.36. The number of hydrogen-bond donors (Lipinski definition) is 0. The first-order chi connectivity index (χ1) is 13.1. The van der Waals surface area contributed by atoms with Gasteiger partial charge < -0.3 is 27.6 Å². The standard InChI is InChI=1S/C16H34O8P2.C2H6/c1-7-21-25(17,22-8-2)13-16(11-19-15(5,6)20-12-16)14-26(18,23-9-3)24-10-4;1-2/h7-14H2,1-6H3;1-2H3. The molecule has 0 N–H and O–H groups in total. The van der Waals surface area contributed by atoms with Gasteiger partial charge in [0.2, 0.25) is 0 Å². The highest BCUT2D eigenvalue weighted by Crippen LogP contribution is 2.59. The van der Waals surface area contributed by atoms with Gasteiger partial charge in [0.25, 0.3) is 0 Å². The molecule has 1 aliphatic heterocycles. The van der Waals surface area contributed by atoms with Crippen molar-refractivity contribution in [1.29, 1.82) is 0 Å². The van der Waals surface area contributed by atoms with Crippen LogP contribution in [0.5, 0.6) is 0 Å². The zero-order valence-corrected chi connectivity index (χ0v) is 20.6. The molecule has 0 aromatic carbocycles. The molecule has 1 saturated heterocycles. The molecule has 170 valence electrons. The lowest BCUT2D eigenvalue weighted by atomic mass is 9.94. The molecule has 1 aliphatic rings. The monoisotopic (exact) mass is 446 g/mol. The van der Waals surface area contributed by atoms with Gasteiger partial charge in [0.1, 0.15) is 0 Å². The van der Waals surface area contributed by atoms with E-state index in [4.69, 9.17) is 27.6 Å². The molecule has 28 heavy (non-hydrogen) atoms. The van der Waals surface area contributed by atoms with E-state index in [1.165, 1.54) is 0 Å². The summed E-state index contributed by atoms with van der Waals surface area (Å²) in [4.78, 5) is 0. The Bertz CT molecular complexity index is 460. The summed E-state index contributed by atoms with van der Waals surface area (Å²) >= 11 is 0. The minimum atomic E-state index is -3.41. The van der Waals surface area contributed by atoms with Gasteiger partial charge in [0.05, 0.1) is 52.0 Å². The molecule has 0 spiro atoms. The Morgan fingerprint density at radius 2 is 1.00 bits per heavy atom. The second-order valence-corrected chi connectivity index (χ2v) is 10.8. The second-order valence-electron chi connectivity index (χ2n) is 6.69. The van der Waals surface area contributed by atoms with Crippen molar-refractivity contribution in [2.75, 3.05) is 52.0 Å². The predicted octanol–water partition coefficient (Wildman–Crippen LogP) is 5.31. The van der Waals surface area contributed by atoms with Crippen LogP contribution in [0.4, 0.5) is 0 Å². The van der Waals surface area contributed by atoms with Crippen LogP contribution in [0.15, 0.2) is 0 Å². The normalized spacial score (nSPS) is 19.0. The fraction of sp³-hybridized carbons (Fsp3) is 1.00. The van der Waals surface area contributed by atoms with E-state index in [1.807, 2.05) is 13.8 Å². The molecule has 0 unspecified atom stereocenters. The molecule has 0 atom stereocenters. The summed E-state index contributed by atoms with van der Waals surface area (Å²) in [5.41, 5.74) is -0.866. The molecule has 8 nitrogen and oxygen atoms in total. The van der Waals surface area contributed by atoms with E-state index in [1.54, 1.807) is 41.5 Å². The lowest BCUT2D eigenvalue weighted by Gasteiger charge is -2.44. The molecule has 0 amide bonds. The van der Waals surface area contributed by atoms with Crippen molar-refractivity contribution in [3.8, 4) is 0 Å². The summed E-state index contributed by atoms with van der Waals surface area (Å²) in [7, 11) is -6.82. The quantitative estimate of drug-likeness (QED) is 0.373. The van der Waals surface area contributed by atoms with Gasteiger partial charge in [-0.2, -0.15) is 0 Å². The van der Waals surface area contributed by atoms with Crippen LogP contribution in [0.2, 0.25) is 0 Å². The third-order valence-corrected chi connectivity index (χ3v) is 8.54. The van der Waals surface area contributed by atoms with Crippen LogP contribution >= 0.6 is 15.2 Å². The summed E-state index contributed by atoms with van der Waals surface area (Å²) in [5, 5.41) is 0. The number of hydrogen-bond acceptors (Lipinski definition) is 8. The first-order valence-corrected chi connectivity index (χ1v) is 13.6. The fourth-order valence-corrected chi connectivity index (χ4v) is 7.33. The Hall–Kier alpha value is 0.220. The van der Waals surface area contributed by atoms with E-state index < -0.39 is 26.4 Å². The molecule has 1 heterocycles. The molecular weight excluding hydrogens is 406 g/mol. The molecule has 0 radical (unpaired) electrons. The van der Waals surface area contributed by atoms with Gasteiger partial charge in [-0.3, -0.25) is 9.13 Å². The third-order valence-electron chi connectivity index (χ3n) is 3.81. The molecule has 0 aromatic heterocycles. The molecule has 1 fully saturated rings. The maximum Gasteiger partial charge on any atom is 0.331 e. The van der Waals surface area contributed by atoms with E-state index in [2.05, 4.69) is 0 Å². The second kappa shape index (κ2) is 12.8. The zero-order chi connectivity index (χ0) is 21.9. The Balaban J connectivity index is 0.00000352. The Morgan fingerprint density at radius 3 is 1.25 bits per heavy atom. The van der Waals surface area contributed by atoms with E-state index in [-0.39, 0.29) is 52.0 Å². The lowest BCUT2D eigenvalue weighted by Crippen LogP contribution is -2.50. The first-order valence-electron chi connectivity index (χ1n) is 10.1. The molecule has 0 aliphatic carbocycles. The van der Waals surface area contributed by atoms with Crippen LogP contribution in [-0.4, -0.2) is 57.8 Å². The van der Waals surface area contributed by atoms with Crippen molar-refractivity contribution >= 4 is 15.2 Å². The highest BCUT2D eigenvalue weighted by atomic mass is 31.2. The fourth-order valence-electron chi connectivity index (χ4n) is 2.84. The maximum atomic E-state index is 13.1. The van der Waals surface area contributed by atoms with Gasteiger partial charge in [-0.15, -0.1) is 0 Å². The van der Waals surface area contributed by atoms with Crippen molar-refractivity contribution in [3.63, 3.8) is 0 Å². The van der Waals surface area contributed by atoms with Crippen LogP contribution in [0.25, 0.3) is 0 Å². The summed E-state index contributed by atoms with van der Waals surface area (Å²) in [6.07, 6.45) is 0.0315. The van der Waals surface area contributed by atoms with Crippen molar-refractivity contribution in [1.82, 2.24) is 0 Å². The van der Waals surface area contributed by atoms with Crippen LogP contribution in [0, 0.1) is 5.41 Å². The predicted molar refractivity (Wildman–Crippen MR) is 111 cm³/mol. The topological polar surface area (TPSA) is 89.5 Å². The van der Waals surface area contributed by atoms with Crippen molar-refractivity contribution in [3.05, 3.63) is 0 Å². The average Bonchev–Trinajstić information content (AvgIpc) is 2.60. The molecule has 0 saturated carbocycles. The van der Waals surface area contributed by atoms with Gasteiger partial charge >= 0.3 is 15.2 Å². The number of rotatable bonds is 12. The largest absolute Gasteiger partial charge is 0.350 e. The molecule has 0 aromatic rings. The first kappa shape index (κ1) is 28.2. The van der Waals surface area contributed by atoms with Crippen LogP contribution in [0.3, 0.4) is 0 Å². The van der Waals surface area contributed by atoms with Crippen LogP contribution < -0.4 is 0 Å². The average molecular weight is 446 g/mol.